The van der Waals surface area contributed by atoms with Crippen LogP contribution in [0.2, 0.25) is 0 Å². The summed E-state index contributed by atoms with van der Waals surface area (Å²) in [6.07, 6.45) is 2.61. The lowest BCUT2D eigenvalue weighted by Gasteiger charge is -2.24. The van der Waals surface area contributed by atoms with Gasteiger partial charge in [0.2, 0.25) is 10.0 Å². The molecule has 1 aliphatic rings. The van der Waals surface area contributed by atoms with E-state index in [0.29, 0.717) is 19.4 Å². The molecule has 0 fully saturated rings. The zero-order chi connectivity index (χ0) is 11.5. The lowest BCUT2D eigenvalue weighted by Crippen LogP contribution is -2.38. The third kappa shape index (κ3) is 3.04. The second kappa shape index (κ2) is 4.76. The molecule has 6 heteroatoms. The molecule has 86 valence electrons. The number of sulfonamides is 1. The fourth-order valence-electron chi connectivity index (χ4n) is 1.50. The number of nitrogens with zero attached hydrogens (tertiary/aromatic N) is 1. The molecule has 0 bridgehead atoms. The van der Waals surface area contributed by atoms with Crippen LogP contribution in [-0.4, -0.2) is 42.6 Å². The smallest absolute Gasteiger partial charge is 0.332 e. The number of carbonyl (C=O) groups is 1. The Labute approximate surface area is 89.4 Å². The molecule has 1 heterocycles. The summed E-state index contributed by atoms with van der Waals surface area (Å²) < 4.78 is 24.6. The van der Waals surface area contributed by atoms with Gasteiger partial charge in [-0.05, 0) is 12.8 Å². The van der Waals surface area contributed by atoms with Gasteiger partial charge in [-0.25, -0.2) is 13.2 Å². The van der Waals surface area contributed by atoms with E-state index >= 15 is 0 Å². The van der Waals surface area contributed by atoms with Crippen molar-refractivity contribution >= 4 is 16.0 Å². The molecular weight excluding hydrogens is 218 g/mol. The van der Waals surface area contributed by atoms with Gasteiger partial charge < -0.3 is 5.11 Å². The average molecular weight is 233 g/mol. The van der Waals surface area contributed by atoms with Crippen LogP contribution in [0.1, 0.15) is 19.8 Å². The topological polar surface area (TPSA) is 74.7 Å². The molecular formula is C9H15NO4S. The summed E-state index contributed by atoms with van der Waals surface area (Å²) in [5, 5.41) is 8.76. The summed E-state index contributed by atoms with van der Waals surface area (Å²) in [7, 11) is -3.27. The quantitative estimate of drug-likeness (QED) is 0.764. The molecule has 15 heavy (non-hydrogen) atoms. The number of rotatable bonds is 4. The molecule has 0 saturated carbocycles. The van der Waals surface area contributed by atoms with E-state index in [1.807, 2.05) is 0 Å². The van der Waals surface area contributed by atoms with Crippen LogP contribution in [0, 0.1) is 0 Å². The first-order valence-corrected chi connectivity index (χ1v) is 6.48. The maximum Gasteiger partial charge on any atom is 0.332 e. The molecule has 0 radical (unpaired) electrons. The molecule has 0 spiro atoms. The van der Waals surface area contributed by atoms with Gasteiger partial charge in [0.15, 0.2) is 0 Å². The van der Waals surface area contributed by atoms with E-state index in [4.69, 9.17) is 5.11 Å². The summed E-state index contributed by atoms with van der Waals surface area (Å²) in [5.74, 6) is -0.953. The highest BCUT2D eigenvalue weighted by atomic mass is 32.2. The monoisotopic (exact) mass is 233 g/mol. The standard InChI is InChI=1S/C9H15NO4S/c1-2-6-15(13,14)10-5-3-4-8(7-10)9(11)12/h4H,2-3,5-7H2,1H3,(H,11,12). The molecule has 0 aliphatic carbocycles. The van der Waals surface area contributed by atoms with Crippen molar-refractivity contribution in [3.63, 3.8) is 0 Å². The Morgan fingerprint density at radius 3 is 2.80 bits per heavy atom. The SMILES string of the molecule is CCCS(=O)(=O)N1CCC=C(C(=O)O)C1. The molecule has 0 atom stereocenters. The van der Waals surface area contributed by atoms with E-state index in [2.05, 4.69) is 0 Å². The van der Waals surface area contributed by atoms with Gasteiger partial charge >= 0.3 is 5.97 Å². The van der Waals surface area contributed by atoms with Gasteiger partial charge in [0.05, 0.1) is 5.75 Å². The second-order valence-corrected chi connectivity index (χ2v) is 5.56. The highest BCUT2D eigenvalue weighted by Crippen LogP contribution is 2.14. The normalized spacial score (nSPS) is 18.6. The van der Waals surface area contributed by atoms with Gasteiger partial charge in [0.25, 0.3) is 0 Å². The predicted octanol–water partition coefficient (Wildman–Crippen LogP) is 0.443. The summed E-state index contributed by atoms with van der Waals surface area (Å²) in [6.45, 7) is 2.17. The van der Waals surface area contributed by atoms with Crippen molar-refractivity contribution in [2.24, 2.45) is 0 Å². The van der Waals surface area contributed by atoms with Gasteiger partial charge in [0, 0.05) is 18.7 Å². The Bertz CT molecular complexity index is 372. The summed E-state index contributed by atoms with van der Waals surface area (Å²) in [4.78, 5) is 10.7. The van der Waals surface area contributed by atoms with Gasteiger partial charge in [-0.15, -0.1) is 0 Å². The van der Waals surface area contributed by atoms with Crippen molar-refractivity contribution < 1.29 is 18.3 Å². The van der Waals surface area contributed by atoms with Crippen LogP contribution in [0.3, 0.4) is 0 Å². The largest absolute Gasteiger partial charge is 0.478 e. The summed E-state index contributed by atoms with van der Waals surface area (Å²) in [5.41, 5.74) is 0.168. The molecule has 0 aromatic heterocycles. The number of hydrogen-bond acceptors (Lipinski definition) is 3. The van der Waals surface area contributed by atoms with Crippen molar-refractivity contribution in [1.82, 2.24) is 4.31 Å². The lowest BCUT2D eigenvalue weighted by atomic mass is 10.1. The molecule has 0 unspecified atom stereocenters. The number of carboxylic acid groups (broad SMARTS) is 1. The first-order valence-electron chi connectivity index (χ1n) is 4.87. The number of carboxylic acids is 1. The van der Waals surface area contributed by atoms with Gasteiger partial charge in [-0.2, -0.15) is 4.31 Å². The third-order valence-corrected chi connectivity index (χ3v) is 4.27. The Morgan fingerprint density at radius 2 is 2.27 bits per heavy atom. The zero-order valence-electron chi connectivity index (χ0n) is 8.64. The fourth-order valence-corrected chi connectivity index (χ4v) is 2.99. The molecule has 0 aromatic rings. The van der Waals surface area contributed by atoms with E-state index in [1.54, 1.807) is 13.0 Å². The zero-order valence-corrected chi connectivity index (χ0v) is 9.46. The first-order chi connectivity index (χ1) is 6.97. The summed E-state index contributed by atoms with van der Waals surface area (Å²) in [6, 6.07) is 0. The predicted molar refractivity (Wildman–Crippen MR) is 56.0 cm³/mol. The molecule has 0 saturated heterocycles. The Balaban J connectivity index is 2.76. The maximum absolute atomic E-state index is 11.7. The molecule has 1 rings (SSSR count). The van der Waals surface area contributed by atoms with E-state index in [1.165, 1.54) is 4.31 Å². The van der Waals surface area contributed by atoms with Crippen molar-refractivity contribution in [3.8, 4) is 0 Å². The highest BCUT2D eigenvalue weighted by Gasteiger charge is 2.26. The van der Waals surface area contributed by atoms with Crippen LogP contribution in [0.5, 0.6) is 0 Å². The van der Waals surface area contributed by atoms with Gasteiger partial charge in [-0.3, -0.25) is 0 Å². The van der Waals surface area contributed by atoms with Gasteiger partial charge in [0.1, 0.15) is 0 Å². The Kier molecular flexibility index (Phi) is 3.87. The van der Waals surface area contributed by atoms with Crippen LogP contribution in [0.15, 0.2) is 11.6 Å². The Hall–Kier alpha value is -0.880. The minimum Gasteiger partial charge on any atom is -0.478 e. The number of hydrogen-bond donors (Lipinski definition) is 1. The maximum atomic E-state index is 11.7. The second-order valence-electron chi connectivity index (χ2n) is 3.47. The molecule has 1 N–H and O–H groups in total. The van der Waals surface area contributed by atoms with Gasteiger partial charge in [-0.1, -0.05) is 13.0 Å². The fraction of sp³-hybridized carbons (Fsp3) is 0.667. The van der Waals surface area contributed by atoms with Crippen molar-refractivity contribution in [3.05, 3.63) is 11.6 Å². The van der Waals surface area contributed by atoms with E-state index in [-0.39, 0.29) is 17.9 Å². The van der Waals surface area contributed by atoms with Crippen LogP contribution >= 0.6 is 0 Å². The van der Waals surface area contributed by atoms with Crippen molar-refractivity contribution in [2.75, 3.05) is 18.8 Å². The Morgan fingerprint density at radius 1 is 1.60 bits per heavy atom. The van der Waals surface area contributed by atoms with E-state index < -0.39 is 16.0 Å². The number of aliphatic carboxylic acids is 1. The molecule has 0 amide bonds. The van der Waals surface area contributed by atoms with E-state index in [9.17, 15) is 13.2 Å². The molecule has 1 aliphatic heterocycles. The van der Waals surface area contributed by atoms with Crippen LogP contribution in [0.25, 0.3) is 0 Å². The third-order valence-electron chi connectivity index (χ3n) is 2.25. The highest BCUT2D eigenvalue weighted by molar-refractivity contribution is 7.89. The van der Waals surface area contributed by atoms with Crippen LogP contribution in [0.4, 0.5) is 0 Å². The van der Waals surface area contributed by atoms with Crippen molar-refractivity contribution in [2.45, 2.75) is 19.8 Å². The molecule has 5 nitrogen and oxygen atoms in total. The molecule has 0 aromatic carbocycles. The average Bonchev–Trinajstić information content (AvgIpc) is 2.18. The van der Waals surface area contributed by atoms with Crippen molar-refractivity contribution in [1.29, 1.82) is 0 Å². The summed E-state index contributed by atoms with van der Waals surface area (Å²) >= 11 is 0. The minimum atomic E-state index is -3.27. The minimum absolute atomic E-state index is 0.00231. The first kappa shape index (κ1) is 12.2. The van der Waals surface area contributed by atoms with E-state index in [0.717, 1.165) is 0 Å². The van der Waals surface area contributed by atoms with Crippen LogP contribution < -0.4 is 0 Å². The van der Waals surface area contributed by atoms with Crippen LogP contribution in [-0.2, 0) is 14.8 Å². The lowest BCUT2D eigenvalue weighted by molar-refractivity contribution is -0.132.